The number of hydrogen-bond acceptors (Lipinski definition) is 2. The van der Waals surface area contributed by atoms with Gasteiger partial charge >= 0.3 is 5.97 Å². The Bertz CT molecular complexity index is 240. The molecule has 0 spiro atoms. The van der Waals surface area contributed by atoms with E-state index in [1.165, 1.54) is 0 Å². The van der Waals surface area contributed by atoms with E-state index in [4.69, 9.17) is 5.11 Å². The highest BCUT2D eigenvalue weighted by Gasteiger charge is 2.21. The molecule has 0 aliphatic rings. The fourth-order valence-corrected chi connectivity index (χ4v) is 1.52. The van der Waals surface area contributed by atoms with E-state index in [2.05, 4.69) is 13.8 Å². The van der Waals surface area contributed by atoms with E-state index >= 15 is 0 Å². The van der Waals surface area contributed by atoms with Crippen LogP contribution in [-0.4, -0.2) is 35.5 Å². The molecule has 2 atom stereocenters. The second kappa shape index (κ2) is 7.25. The van der Waals surface area contributed by atoms with Crippen LogP contribution in [0.25, 0.3) is 0 Å². The maximum Gasteiger partial charge on any atom is 0.303 e. The number of carbonyl (C=O) groups is 2. The van der Waals surface area contributed by atoms with Crippen LogP contribution in [0.3, 0.4) is 0 Å². The van der Waals surface area contributed by atoms with E-state index in [1.54, 1.807) is 11.9 Å². The second-order valence-electron chi connectivity index (χ2n) is 4.43. The van der Waals surface area contributed by atoms with Crippen molar-refractivity contribution in [3.05, 3.63) is 0 Å². The Kier molecular flexibility index (Phi) is 6.77. The highest BCUT2D eigenvalue weighted by atomic mass is 16.4. The molecule has 0 aliphatic carbocycles. The van der Waals surface area contributed by atoms with Crippen molar-refractivity contribution in [3.63, 3.8) is 0 Å². The predicted octanol–water partition coefficient (Wildman–Crippen LogP) is 1.99. The van der Waals surface area contributed by atoms with Gasteiger partial charge in [0.25, 0.3) is 0 Å². The largest absolute Gasteiger partial charge is 0.481 e. The molecule has 0 radical (unpaired) electrons. The van der Waals surface area contributed by atoms with Crippen LogP contribution in [0.15, 0.2) is 0 Å². The number of hydrogen-bond donors (Lipinski definition) is 1. The summed E-state index contributed by atoms with van der Waals surface area (Å²) < 4.78 is 0. The monoisotopic (exact) mass is 229 g/mol. The third kappa shape index (κ3) is 5.14. The number of carboxylic acid groups (broad SMARTS) is 1. The van der Waals surface area contributed by atoms with Crippen LogP contribution in [0.4, 0.5) is 0 Å². The lowest BCUT2D eigenvalue weighted by molar-refractivity contribution is -0.139. The molecule has 4 heteroatoms. The number of carboxylic acids is 1. The summed E-state index contributed by atoms with van der Waals surface area (Å²) in [6.07, 6.45) is 1.62. The standard InChI is InChI=1S/C12H23NO3/c1-5-9(2)10(3)12(16)13(4)8-6-7-11(14)15/h9-10H,5-8H2,1-4H3,(H,14,15). The van der Waals surface area contributed by atoms with Crippen LogP contribution in [0.1, 0.15) is 40.0 Å². The Hall–Kier alpha value is -1.06. The van der Waals surface area contributed by atoms with Crippen LogP contribution in [0.5, 0.6) is 0 Å². The molecule has 0 rings (SSSR count). The third-order valence-corrected chi connectivity index (χ3v) is 3.15. The van der Waals surface area contributed by atoms with Gasteiger partial charge in [-0.3, -0.25) is 9.59 Å². The molecule has 1 N–H and O–H groups in total. The number of amides is 1. The minimum atomic E-state index is -0.809. The number of aliphatic carboxylic acids is 1. The first-order valence-corrected chi connectivity index (χ1v) is 5.86. The summed E-state index contributed by atoms with van der Waals surface area (Å²) in [5, 5.41) is 8.50. The number of carbonyl (C=O) groups excluding carboxylic acids is 1. The second-order valence-corrected chi connectivity index (χ2v) is 4.43. The summed E-state index contributed by atoms with van der Waals surface area (Å²) in [4.78, 5) is 23.9. The summed E-state index contributed by atoms with van der Waals surface area (Å²) in [7, 11) is 1.74. The predicted molar refractivity (Wildman–Crippen MR) is 63.1 cm³/mol. The zero-order chi connectivity index (χ0) is 12.7. The minimum absolute atomic E-state index is 0.0137. The van der Waals surface area contributed by atoms with E-state index in [0.717, 1.165) is 6.42 Å². The Morgan fingerprint density at radius 2 is 1.88 bits per heavy atom. The van der Waals surface area contributed by atoms with Gasteiger partial charge in [-0.25, -0.2) is 0 Å². The number of nitrogens with zero attached hydrogens (tertiary/aromatic N) is 1. The lowest BCUT2D eigenvalue weighted by atomic mass is 9.92. The van der Waals surface area contributed by atoms with Gasteiger partial charge in [0.1, 0.15) is 0 Å². The van der Waals surface area contributed by atoms with E-state index in [-0.39, 0.29) is 18.2 Å². The molecule has 4 nitrogen and oxygen atoms in total. The van der Waals surface area contributed by atoms with Crippen molar-refractivity contribution >= 4 is 11.9 Å². The van der Waals surface area contributed by atoms with Gasteiger partial charge in [-0.1, -0.05) is 27.2 Å². The SMILES string of the molecule is CCC(C)C(C)C(=O)N(C)CCCC(=O)O. The molecule has 0 fully saturated rings. The molecule has 0 aliphatic heterocycles. The molecule has 0 heterocycles. The van der Waals surface area contributed by atoms with Gasteiger partial charge in [0.15, 0.2) is 0 Å². The smallest absolute Gasteiger partial charge is 0.303 e. The lowest BCUT2D eigenvalue weighted by Gasteiger charge is -2.24. The first-order valence-electron chi connectivity index (χ1n) is 5.86. The molecule has 0 aromatic carbocycles. The van der Waals surface area contributed by atoms with Gasteiger partial charge in [0.05, 0.1) is 0 Å². The Labute approximate surface area is 97.6 Å². The van der Waals surface area contributed by atoms with Crippen molar-refractivity contribution in [2.24, 2.45) is 11.8 Å². The van der Waals surface area contributed by atoms with E-state index in [1.807, 2.05) is 6.92 Å². The van der Waals surface area contributed by atoms with Gasteiger partial charge in [0, 0.05) is 25.9 Å². The minimum Gasteiger partial charge on any atom is -0.481 e. The first-order chi connectivity index (χ1) is 7.40. The Balaban J connectivity index is 4.02. The quantitative estimate of drug-likeness (QED) is 0.726. The Morgan fingerprint density at radius 3 is 2.31 bits per heavy atom. The van der Waals surface area contributed by atoms with Crippen LogP contribution >= 0.6 is 0 Å². The summed E-state index contributed by atoms with van der Waals surface area (Å²) in [5.74, 6) is -0.315. The van der Waals surface area contributed by atoms with Gasteiger partial charge in [0.2, 0.25) is 5.91 Å². The van der Waals surface area contributed by atoms with Crippen molar-refractivity contribution in [3.8, 4) is 0 Å². The first kappa shape index (κ1) is 14.9. The molecule has 0 saturated heterocycles. The summed E-state index contributed by atoms with van der Waals surface area (Å²) >= 11 is 0. The van der Waals surface area contributed by atoms with Crippen LogP contribution in [0.2, 0.25) is 0 Å². The topological polar surface area (TPSA) is 57.6 Å². The van der Waals surface area contributed by atoms with E-state index in [9.17, 15) is 9.59 Å². The highest BCUT2D eigenvalue weighted by Crippen LogP contribution is 2.16. The van der Waals surface area contributed by atoms with Crippen LogP contribution in [-0.2, 0) is 9.59 Å². The van der Waals surface area contributed by atoms with E-state index < -0.39 is 5.97 Å². The highest BCUT2D eigenvalue weighted by molar-refractivity contribution is 5.78. The third-order valence-electron chi connectivity index (χ3n) is 3.15. The van der Waals surface area contributed by atoms with Crippen molar-refractivity contribution in [2.75, 3.05) is 13.6 Å². The van der Waals surface area contributed by atoms with Gasteiger partial charge < -0.3 is 10.0 Å². The Morgan fingerprint density at radius 1 is 1.31 bits per heavy atom. The van der Waals surface area contributed by atoms with Gasteiger partial charge in [-0.05, 0) is 12.3 Å². The normalized spacial score (nSPS) is 14.2. The van der Waals surface area contributed by atoms with Gasteiger partial charge in [-0.15, -0.1) is 0 Å². The molecule has 0 aromatic rings. The molecule has 94 valence electrons. The fourth-order valence-electron chi connectivity index (χ4n) is 1.52. The summed E-state index contributed by atoms with van der Waals surface area (Å²) in [6, 6.07) is 0. The van der Waals surface area contributed by atoms with Crippen LogP contribution in [0, 0.1) is 11.8 Å². The molecule has 2 unspecified atom stereocenters. The van der Waals surface area contributed by atoms with Crippen molar-refractivity contribution in [2.45, 2.75) is 40.0 Å². The molecule has 0 aromatic heterocycles. The van der Waals surface area contributed by atoms with Crippen molar-refractivity contribution < 1.29 is 14.7 Å². The molecule has 16 heavy (non-hydrogen) atoms. The molecule has 0 saturated carbocycles. The maximum absolute atomic E-state index is 11.9. The zero-order valence-corrected chi connectivity index (χ0v) is 10.7. The average Bonchev–Trinajstić information content (AvgIpc) is 2.25. The van der Waals surface area contributed by atoms with E-state index in [0.29, 0.717) is 18.9 Å². The lowest BCUT2D eigenvalue weighted by Crippen LogP contribution is -2.35. The molecule has 1 amide bonds. The molecule has 0 bridgehead atoms. The number of rotatable bonds is 7. The van der Waals surface area contributed by atoms with Crippen LogP contribution < -0.4 is 0 Å². The maximum atomic E-state index is 11.9. The summed E-state index contributed by atoms with van der Waals surface area (Å²) in [6.45, 7) is 6.59. The molecular weight excluding hydrogens is 206 g/mol. The zero-order valence-electron chi connectivity index (χ0n) is 10.7. The fraction of sp³-hybridized carbons (Fsp3) is 0.833. The average molecular weight is 229 g/mol. The van der Waals surface area contributed by atoms with Gasteiger partial charge in [-0.2, -0.15) is 0 Å². The summed E-state index contributed by atoms with van der Waals surface area (Å²) in [5.41, 5.74) is 0. The van der Waals surface area contributed by atoms with Crippen molar-refractivity contribution in [1.29, 1.82) is 0 Å². The molecular formula is C12H23NO3. The van der Waals surface area contributed by atoms with Crippen molar-refractivity contribution in [1.82, 2.24) is 4.90 Å².